The molecule has 0 aromatic heterocycles. The van der Waals surface area contributed by atoms with Gasteiger partial charge in [0.2, 0.25) is 0 Å². The fraction of sp³-hybridized carbons (Fsp3) is 0.235. The molecular formula is C17H18ClNO. The van der Waals surface area contributed by atoms with Gasteiger partial charge in [0, 0.05) is 0 Å². The van der Waals surface area contributed by atoms with Gasteiger partial charge in [0.25, 0.3) is 5.91 Å². The zero-order valence-corrected chi connectivity index (χ0v) is 12.7. The van der Waals surface area contributed by atoms with Crippen molar-refractivity contribution in [3.8, 4) is 0 Å². The van der Waals surface area contributed by atoms with Crippen LogP contribution < -0.4 is 5.32 Å². The molecule has 0 fully saturated rings. The van der Waals surface area contributed by atoms with Crippen LogP contribution in [0.25, 0.3) is 0 Å². The lowest BCUT2D eigenvalue weighted by Crippen LogP contribution is -2.26. The average molecular weight is 288 g/mol. The van der Waals surface area contributed by atoms with Crippen molar-refractivity contribution in [2.45, 2.75) is 26.8 Å². The Kier molecular flexibility index (Phi) is 4.46. The molecule has 2 nitrogen and oxygen atoms in total. The smallest absolute Gasteiger partial charge is 0.253 e. The summed E-state index contributed by atoms with van der Waals surface area (Å²) in [5.41, 5.74) is 4.07. The summed E-state index contributed by atoms with van der Waals surface area (Å²) in [5, 5.41) is 3.45. The Bertz CT molecular complexity index is 637. The zero-order valence-electron chi connectivity index (χ0n) is 11.9. The first-order valence-corrected chi connectivity index (χ1v) is 6.99. The molecule has 1 N–H and O–H groups in total. The highest BCUT2D eigenvalue weighted by atomic mass is 35.5. The molecule has 0 heterocycles. The minimum atomic E-state index is -0.152. The summed E-state index contributed by atoms with van der Waals surface area (Å²) >= 11 is 6.03. The van der Waals surface area contributed by atoms with E-state index < -0.39 is 0 Å². The molecular weight excluding hydrogens is 270 g/mol. The molecule has 0 radical (unpaired) electrons. The normalized spacial score (nSPS) is 12.0. The van der Waals surface area contributed by atoms with Gasteiger partial charge in [0.15, 0.2) is 0 Å². The SMILES string of the molecule is Cc1ccc([C@@H](C)NC(=O)c2ccccc2Cl)cc1C. The second kappa shape index (κ2) is 6.10. The quantitative estimate of drug-likeness (QED) is 0.888. The van der Waals surface area contributed by atoms with E-state index in [0.29, 0.717) is 10.6 Å². The second-order valence-corrected chi connectivity index (χ2v) is 5.43. The third-order valence-corrected chi connectivity index (χ3v) is 3.83. The predicted octanol–water partition coefficient (Wildman–Crippen LogP) is 4.45. The highest BCUT2D eigenvalue weighted by molar-refractivity contribution is 6.33. The first-order valence-electron chi connectivity index (χ1n) is 6.61. The number of aryl methyl sites for hydroxylation is 2. The van der Waals surface area contributed by atoms with Gasteiger partial charge in [-0.1, -0.05) is 41.9 Å². The molecule has 1 amide bonds. The Morgan fingerprint density at radius 2 is 1.80 bits per heavy atom. The predicted molar refractivity (Wildman–Crippen MR) is 83.2 cm³/mol. The largest absolute Gasteiger partial charge is 0.345 e. The first-order chi connectivity index (χ1) is 9.49. The van der Waals surface area contributed by atoms with Gasteiger partial charge in [0.05, 0.1) is 16.6 Å². The van der Waals surface area contributed by atoms with Crippen LogP contribution in [0.2, 0.25) is 5.02 Å². The van der Waals surface area contributed by atoms with Crippen LogP contribution >= 0.6 is 11.6 Å². The Labute approximate surface area is 124 Å². The van der Waals surface area contributed by atoms with Crippen LogP contribution in [0.1, 0.15) is 40.0 Å². The maximum absolute atomic E-state index is 12.2. The van der Waals surface area contributed by atoms with E-state index in [2.05, 4.69) is 31.3 Å². The Balaban J connectivity index is 2.15. The fourth-order valence-corrected chi connectivity index (χ4v) is 2.26. The highest BCUT2D eigenvalue weighted by Gasteiger charge is 2.14. The average Bonchev–Trinajstić information content (AvgIpc) is 2.42. The lowest BCUT2D eigenvalue weighted by atomic mass is 10.0. The zero-order chi connectivity index (χ0) is 14.7. The summed E-state index contributed by atoms with van der Waals surface area (Å²) in [4.78, 5) is 12.2. The Morgan fingerprint density at radius 3 is 2.45 bits per heavy atom. The van der Waals surface area contributed by atoms with Crippen LogP contribution in [-0.4, -0.2) is 5.91 Å². The molecule has 0 saturated heterocycles. The number of nitrogens with one attached hydrogen (secondary N) is 1. The molecule has 0 bridgehead atoms. The van der Waals surface area contributed by atoms with Crippen molar-refractivity contribution in [2.75, 3.05) is 0 Å². The van der Waals surface area contributed by atoms with Crippen molar-refractivity contribution < 1.29 is 4.79 Å². The van der Waals surface area contributed by atoms with Gasteiger partial charge in [0.1, 0.15) is 0 Å². The van der Waals surface area contributed by atoms with Gasteiger partial charge in [-0.15, -0.1) is 0 Å². The van der Waals surface area contributed by atoms with Crippen molar-refractivity contribution in [3.63, 3.8) is 0 Å². The lowest BCUT2D eigenvalue weighted by Gasteiger charge is -2.16. The van der Waals surface area contributed by atoms with Crippen LogP contribution in [0.5, 0.6) is 0 Å². The van der Waals surface area contributed by atoms with Crippen molar-refractivity contribution in [2.24, 2.45) is 0 Å². The molecule has 20 heavy (non-hydrogen) atoms. The molecule has 0 aliphatic heterocycles. The summed E-state index contributed by atoms with van der Waals surface area (Å²) in [5.74, 6) is -0.152. The van der Waals surface area contributed by atoms with Gasteiger partial charge in [-0.25, -0.2) is 0 Å². The summed E-state index contributed by atoms with van der Waals surface area (Å²) in [6.45, 7) is 6.12. The fourth-order valence-electron chi connectivity index (χ4n) is 2.04. The first kappa shape index (κ1) is 14.6. The summed E-state index contributed by atoms with van der Waals surface area (Å²) in [6, 6.07) is 13.2. The summed E-state index contributed by atoms with van der Waals surface area (Å²) < 4.78 is 0. The van der Waals surface area contributed by atoms with E-state index in [4.69, 9.17) is 11.6 Å². The third kappa shape index (κ3) is 3.20. The topological polar surface area (TPSA) is 29.1 Å². The number of halogens is 1. The number of hydrogen-bond acceptors (Lipinski definition) is 1. The van der Waals surface area contributed by atoms with Gasteiger partial charge in [-0.3, -0.25) is 4.79 Å². The van der Waals surface area contributed by atoms with Crippen LogP contribution in [0.4, 0.5) is 0 Å². The van der Waals surface area contributed by atoms with Crippen molar-refractivity contribution in [1.82, 2.24) is 5.32 Å². The Morgan fingerprint density at radius 1 is 1.10 bits per heavy atom. The summed E-state index contributed by atoms with van der Waals surface area (Å²) in [7, 11) is 0. The number of amides is 1. The van der Waals surface area contributed by atoms with E-state index in [0.717, 1.165) is 5.56 Å². The minimum absolute atomic E-state index is 0.0573. The molecule has 2 aromatic carbocycles. The highest BCUT2D eigenvalue weighted by Crippen LogP contribution is 2.19. The van der Waals surface area contributed by atoms with E-state index >= 15 is 0 Å². The van der Waals surface area contributed by atoms with E-state index in [1.54, 1.807) is 12.1 Å². The van der Waals surface area contributed by atoms with Gasteiger partial charge >= 0.3 is 0 Å². The number of rotatable bonds is 3. The standard InChI is InChI=1S/C17H18ClNO/c1-11-8-9-14(10-12(11)2)13(3)19-17(20)15-6-4-5-7-16(15)18/h4-10,13H,1-3H3,(H,19,20)/t13-/m1/s1. The van der Waals surface area contributed by atoms with Crippen molar-refractivity contribution in [1.29, 1.82) is 0 Å². The van der Waals surface area contributed by atoms with Crippen molar-refractivity contribution in [3.05, 3.63) is 69.7 Å². The van der Waals surface area contributed by atoms with Crippen LogP contribution in [0.15, 0.2) is 42.5 Å². The van der Waals surface area contributed by atoms with Crippen molar-refractivity contribution >= 4 is 17.5 Å². The maximum Gasteiger partial charge on any atom is 0.253 e. The van der Waals surface area contributed by atoms with Gasteiger partial charge in [-0.05, 0) is 49.6 Å². The van der Waals surface area contributed by atoms with E-state index in [1.165, 1.54) is 11.1 Å². The molecule has 0 aliphatic rings. The molecule has 104 valence electrons. The molecule has 1 atom stereocenters. The van der Waals surface area contributed by atoms with Crippen LogP contribution in [-0.2, 0) is 0 Å². The number of benzene rings is 2. The lowest BCUT2D eigenvalue weighted by molar-refractivity contribution is 0.0940. The van der Waals surface area contributed by atoms with Gasteiger partial charge < -0.3 is 5.32 Å². The maximum atomic E-state index is 12.2. The minimum Gasteiger partial charge on any atom is -0.345 e. The molecule has 2 aromatic rings. The molecule has 0 spiro atoms. The van der Waals surface area contributed by atoms with Crippen LogP contribution in [0.3, 0.4) is 0 Å². The van der Waals surface area contributed by atoms with E-state index in [1.807, 2.05) is 25.1 Å². The molecule has 3 heteroatoms. The second-order valence-electron chi connectivity index (χ2n) is 5.02. The van der Waals surface area contributed by atoms with E-state index in [-0.39, 0.29) is 11.9 Å². The Hall–Kier alpha value is -1.80. The number of hydrogen-bond donors (Lipinski definition) is 1. The monoisotopic (exact) mass is 287 g/mol. The molecule has 0 saturated carbocycles. The molecule has 0 unspecified atom stereocenters. The van der Waals surface area contributed by atoms with E-state index in [9.17, 15) is 4.79 Å². The molecule has 0 aliphatic carbocycles. The molecule has 2 rings (SSSR count). The summed E-state index contributed by atoms with van der Waals surface area (Å²) in [6.07, 6.45) is 0. The van der Waals surface area contributed by atoms with Gasteiger partial charge in [-0.2, -0.15) is 0 Å². The van der Waals surface area contributed by atoms with Crippen LogP contribution in [0, 0.1) is 13.8 Å². The number of carbonyl (C=O) groups excluding carboxylic acids is 1. The number of carbonyl (C=O) groups is 1. The third-order valence-electron chi connectivity index (χ3n) is 3.50.